The Morgan fingerprint density at radius 2 is 1.90 bits per heavy atom. The molecule has 2 aliphatic carbocycles. The van der Waals surface area contributed by atoms with Crippen molar-refractivity contribution in [1.82, 2.24) is 0 Å². The highest BCUT2D eigenvalue weighted by Crippen LogP contribution is 2.48. The molecule has 106 valence electrons. The van der Waals surface area contributed by atoms with Crippen LogP contribution in [0.5, 0.6) is 0 Å². The third-order valence-electron chi connectivity index (χ3n) is 5.22. The topological polar surface area (TPSA) is 35.5 Å². The Kier molecular flexibility index (Phi) is 2.93. The fraction of sp³-hybridized carbons (Fsp3) is 0.588. The molecule has 2 fully saturated rings. The van der Waals surface area contributed by atoms with Crippen LogP contribution in [0.4, 0.5) is 0 Å². The van der Waals surface area contributed by atoms with E-state index in [9.17, 15) is 4.79 Å². The predicted molar refractivity (Wildman–Crippen MR) is 74.6 cm³/mol. The monoisotopic (exact) mass is 272 g/mol. The van der Waals surface area contributed by atoms with Gasteiger partial charge in [0, 0.05) is 24.3 Å². The molecule has 1 aromatic rings. The third-order valence-corrected chi connectivity index (χ3v) is 5.22. The van der Waals surface area contributed by atoms with Crippen LogP contribution in [-0.4, -0.2) is 24.8 Å². The van der Waals surface area contributed by atoms with E-state index in [0.29, 0.717) is 37.3 Å². The van der Waals surface area contributed by atoms with E-state index in [-0.39, 0.29) is 0 Å². The van der Waals surface area contributed by atoms with Gasteiger partial charge in [0.1, 0.15) is 0 Å². The zero-order valence-electron chi connectivity index (χ0n) is 11.6. The van der Waals surface area contributed by atoms with Gasteiger partial charge < -0.3 is 9.47 Å². The molecule has 1 spiro atoms. The standard InChI is InChI=1S/C17H20O3/c18-16-11-13-5-3-7-17(19-8-9-20-17)15(13)10-12-4-1-2-6-14(12)16/h1-2,4,6,13,15H,3,5,7-11H2/t13-,15-/m0/s1. The molecule has 0 bridgehead atoms. The number of carbonyl (C=O) groups is 1. The molecule has 3 heteroatoms. The molecule has 20 heavy (non-hydrogen) atoms. The molecule has 1 saturated heterocycles. The quantitative estimate of drug-likeness (QED) is 0.728. The van der Waals surface area contributed by atoms with E-state index < -0.39 is 5.79 Å². The number of carbonyl (C=O) groups excluding carboxylic acids is 1. The number of benzene rings is 1. The van der Waals surface area contributed by atoms with Gasteiger partial charge in [-0.05, 0) is 30.7 Å². The van der Waals surface area contributed by atoms with Crippen LogP contribution in [0.25, 0.3) is 0 Å². The summed E-state index contributed by atoms with van der Waals surface area (Å²) in [4.78, 5) is 12.5. The van der Waals surface area contributed by atoms with E-state index in [2.05, 4.69) is 6.07 Å². The lowest BCUT2D eigenvalue weighted by atomic mass is 9.71. The Hall–Kier alpha value is -1.19. The summed E-state index contributed by atoms with van der Waals surface area (Å²) in [5, 5.41) is 0. The predicted octanol–water partition coefficient (Wildman–Crippen LogP) is 2.97. The molecule has 4 rings (SSSR count). The van der Waals surface area contributed by atoms with Crippen LogP contribution in [-0.2, 0) is 15.9 Å². The van der Waals surface area contributed by atoms with Gasteiger partial charge >= 0.3 is 0 Å². The molecule has 1 heterocycles. The normalized spacial score (nSPS) is 31.7. The van der Waals surface area contributed by atoms with Crippen LogP contribution in [0.2, 0.25) is 0 Å². The lowest BCUT2D eigenvalue weighted by Crippen LogP contribution is -2.47. The molecule has 1 aromatic carbocycles. The van der Waals surface area contributed by atoms with Crippen LogP contribution >= 0.6 is 0 Å². The molecule has 0 radical (unpaired) electrons. The fourth-order valence-corrected chi connectivity index (χ4v) is 4.31. The summed E-state index contributed by atoms with van der Waals surface area (Å²) < 4.78 is 12.0. The van der Waals surface area contributed by atoms with E-state index in [1.54, 1.807) is 0 Å². The van der Waals surface area contributed by atoms with E-state index >= 15 is 0 Å². The van der Waals surface area contributed by atoms with Gasteiger partial charge in [-0.2, -0.15) is 0 Å². The first-order valence-electron chi connectivity index (χ1n) is 7.67. The molecule has 1 saturated carbocycles. The second-order valence-electron chi connectivity index (χ2n) is 6.26. The number of ether oxygens (including phenoxy) is 2. The summed E-state index contributed by atoms with van der Waals surface area (Å²) in [7, 11) is 0. The maximum Gasteiger partial charge on any atom is 0.171 e. The second-order valence-corrected chi connectivity index (χ2v) is 6.26. The first-order valence-corrected chi connectivity index (χ1v) is 7.67. The Labute approximate surface area is 119 Å². The minimum Gasteiger partial charge on any atom is -0.347 e. The number of rotatable bonds is 0. The summed E-state index contributed by atoms with van der Waals surface area (Å²) in [6, 6.07) is 8.05. The van der Waals surface area contributed by atoms with Crippen LogP contribution < -0.4 is 0 Å². The molecule has 0 N–H and O–H groups in total. The van der Waals surface area contributed by atoms with Crippen LogP contribution in [0, 0.1) is 11.8 Å². The van der Waals surface area contributed by atoms with Crippen molar-refractivity contribution in [2.75, 3.05) is 13.2 Å². The zero-order valence-corrected chi connectivity index (χ0v) is 11.6. The molecular weight excluding hydrogens is 252 g/mol. The first kappa shape index (κ1) is 12.5. The number of hydrogen-bond acceptors (Lipinski definition) is 3. The van der Waals surface area contributed by atoms with Crippen molar-refractivity contribution < 1.29 is 14.3 Å². The minimum atomic E-state index is -0.416. The Morgan fingerprint density at radius 3 is 2.75 bits per heavy atom. The summed E-state index contributed by atoms with van der Waals surface area (Å²) in [6.07, 6.45) is 4.76. The van der Waals surface area contributed by atoms with Crippen molar-refractivity contribution >= 4 is 5.78 Å². The van der Waals surface area contributed by atoms with Gasteiger partial charge in [0.15, 0.2) is 11.6 Å². The first-order chi connectivity index (χ1) is 9.78. The smallest absolute Gasteiger partial charge is 0.171 e. The molecule has 3 aliphatic rings. The second kappa shape index (κ2) is 4.68. The summed E-state index contributed by atoms with van der Waals surface area (Å²) in [5.74, 6) is 0.608. The number of Topliss-reactive ketones (excluding diaryl/α,β-unsaturated/α-hetero) is 1. The van der Waals surface area contributed by atoms with Gasteiger partial charge in [-0.1, -0.05) is 24.3 Å². The lowest BCUT2D eigenvalue weighted by Gasteiger charge is -2.43. The van der Waals surface area contributed by atoms with Gasteiger partial charge in [0.25, 0.3) is 0 Å². The van der Waals surface area contributed by atoms with Gasteiger partial charge in [-0.3, -0.25) is 4.79 Å². The third kappa shape index (κ3) is 1.84. The van der Waals surface area contributed by atoms with Gasteiger partial charge in [0.2, 0.25) is 0 Å². The van der Waals surface area contributed by atoms with Gasteiger partial charge in [0.05, 0.1) is 13.2 Å². The Balaban J connectivity index is 1.75. The highest BCUT2D eigenvalue weighted by Gasteiger charge is 2.51. The lowest BCUT2D eigenvalue weighted by molar-refractivity contribution is -0.224. The Bertz CT molecular complexity index is 531. The van der Waals surface area contributed by atoms with Gasteiger partial charge in [-0.25, -0.2) is 0 Å². The molecule has 3 nitrogen and oxygen atoms in total. The summed E-state index contributed by atoms with van der Waals surface area (Å²) in [6.45, 7) is 1.39. The number of hydrogen-bond donors (Lipinski definition) is 0. The van der Waals surface area contributed by atoms with Crippen LogP contribution in [0.1, 0.15) is 41.6 Å². The van der Waals surface area contributed by atoms with E-state index in [1.807, 2.05) is 18.2 Å². The van der Waals surface area contributed by atoms with Crippen molar-refractivity contribution in [3.63, 3.8) is 0 Å². The minimum absolute atomic E-state index is 0.295. The average molecular weight is 272 g/mol. The van der Waals surface area contributed by atoms with Crippen molar-refractivity contribution in [1.29, 1.82) is 0 Å². The maximum atomic E-state index is 12.5. The SMILES string of the molecule is O=C1C[C@@H]2CCCC3(OCCO3)[C@H]2Cc2ccccc21. The van der Waals surface area contributed by atoms with Crippen LogP contribution in [0.3, 0.4) is 0 Å². The van der Waals surface area contributed by atoms with E-state index in [1.165, 1.54) is 5.56 Å². The molecular formula is C17H20O3. The zero-order chi connectivity index (χ0) is 13.6. The highest BCUT2D eigenvalue weighted by atomic mass is 16.7. The van der Waals surface area contributed by atoms with Crippen molar-refractivity contribution in [3.05, 3.63) is 35.4 Å². The van der Waals surface area contributed by atoms with Gasteiger partial charge in [-0.15, -0.1) is 0 Å². The molecule has 0 amide bonds. The van der Waals surface area contributed by atoms with E-state index in [0.717, 1.165) is 31.2 Å². The summed E-state index contributed by atoms with van der Waals surface area (Å²) >= 11 is 0. The highest BCUT2D eigenvalue weighted by molar-refractivity contribution is 5.98. The maximum absolute atomic E-state index is 12.5. The molecule has 1 aliphatic heterocycles. The van der Waals surface area contributed by atoms with Crippen molar-refractivity contribution in [2.45, 2.75) is 37.9 Å². The van der Waals surface area contributed by atoms with Crippen molar-refractivity contribution in [3.8, 4) is 0 Å². The summed E-state index contributed by atoms with van der Waals surface area (Å²) in [5.41, 5.74) is 2.08. The van der Waals surface area contributed by atoms with Crippen LogP contribution in [0.15, 0.2) is 24.3 Å². The fourth-order valence-electron chi connectivity index (χ4n) is 4.31. The molecule has 0 aromatic heterocycles. The average Bonchev–Trinajstić information content (AvgIpc) is 2.86. The Morgan fingerprint density at radius 1 is 1.10 bits per heavy atom. The number of ketones is 1. The van der Waals surface area contributed by atoms with Crippen molar-refractivity contribution in [2.24, 2.45) is 11.8 Å². The largest absolute Gasteiger partial charge is 0.347 e. The number of fused-ring (bicyclic) bond motifs is 3. The van der Waals surface area contributed by atoms with E-state index in [4.69, 9.17) is 9.47 Å². The molecule has 0 unspecified atom stereocenters. The molecule has 2 atom stereocenters.